The molecule has 0 fully saturated rings. The van der Waals surface area contributed by atoms with E-state index < -0.39 is 10.3 Å². The second kappa shape index (κ2) is 2.71. The van der Waals surface area contributed by atoms with Gasteiger partial charge in [0.1, 0.15) is 0 Å². The first-order valence-corrected chi connectivity index (χ1v) is 2.25. The molecule has 0 aromatic heterocycles. The second-order valence-corrected chi connectivity index (χ2v) is 1.54. The van der Waals surface area contributed by atoms with Gasteiger partial charge in [-0.05, 0) is 0 Å². The van der Waals surface area contributed by atoms with E-state index in [-0.39, 0.29) is 21.7 Å². The molecule has 4 nitrogen and oxygen atoms in total. The van der Waals surface area contributed by atoms with Crippen molar-refractivity contribution in [2.45, 2.75) is 0 Å². The average molecular weight is 145 g/mol. The molecule has 0 spiro atoms. The molecule has 0 atom stereocenters. The Morgan fingerprint density at radius 1 is 1.50 bits per heavy atom. The molecule has 3 N–H and O–H groups in total. The summed E-state index contributed by atoms with van der Waals surface area (Å²) in [6, 6.07) is 0. The zero-order chi connectivity index (χ0) is 4.50. The van der Waals surface area contributed by atoms with E-state index >= 15 is 0 Å². The first kappa shape index (κ1) is 9.77. The smallest absolute Gasteiger partial charge is 0.274 e. The Balaban J connectivity index is 0. The van der Waals surface area contributed by atoms with Gasteiger partial charge in [-0.3, -0.25) is 4.55 Å². The molecule has 0 aliphatic heterocycles. The summed E-state index contributed by atoms with van der Waals surface area (Å²) in [5.41, 5.74) is 0. The van der Waals surface area contributed by atoms with Crippen LogP contribution in [0.3, 0.4) is 0 Å². The maximum atomic E-state index is 8.97. The number of hydrogen-bond donors (Lipinski definition) is 2. The molecule has 0 heterocycles. The fraction of sp³-hybridized carbons (Fsp3) is 0. The summed E-state index contributed by atoms with van der Waals surface area (Å²) in [7, 11) is -4.17. The van der Waals surface area contributed by atoms with Crippen LogP contribution in [-0.2, 0) is 32.0 Å². The van der Waals surface area contributed by atoms with Crippen molar-refractivity contribution in [3.63, 3.8) is 0 Å². The van der Waals surface area contributed by atoms with Gasteiger partial charge < -0.3 is 0 Å². The van der Waals surface area contributed by atoms with Crippen molar-refractivity contribution >= 4 is 10.3 Å². The monoisotopic (exact) mass is 145 g/mol. The zero-order valence-corrected chi connectivity index (χ0v) is 5.13. The van der Waals surface area contributed by atoms with Gasteiger partial charge in [0, 0.05) is 21.7 Å². The molecule has 0 rings (SSSR count). The third-order valence-electron chi connectivity index (χ3n) is 0. The van der Waals surface area contributed by atoms with E-state index in [1.807, 2.05) is 0 Å². The summed E-state index contributed by atoms with van der Waals surface area (Å²) < 4.78 is 25.2. The van der Waals surface area contributed by atoms with Gasteiger partial charge >= 0.3 is 10.3 Å². The summed E-state index contributed by atoms with van der Waals surface area (Å²) in [5, 5.41) is 3.88. The van der Waals surface area contributed by atoms with Crippen LogP contribution >= 0.6 is 0 Å². The van der Waals surface area contributed by atoms with Crippen molar-refractivity contribution in [2.75, 3.05) is 0 Å². The van der Waals surface area contributed by atoms with Crippen LogP contribution in [0.2, 0.25) is 0 Å². The minimum atomic E-state index is -4.17. The van der Waals surface area contributed by atoms with Gasteiger partial charge in [-0.2, -0.15) is 8.42 Å². The topological polar surface area (TPSA) is 80.4 Å². The molecule has 0 saturated heterocycles. The van der Waals surface area contributed by atoms with E-state index in [1.54, 1.807) is 0 Å². The zero-order valence-electron chi connectivity index (χ0n) is 2.75. The van der Waals surface area contributed by atoms with Crippen molar-refractivity contribution in [3.8, 4) is 0 Å². The number of nitrogens with two attached hydrogens (primary N) is 1. The van der Waals surface area contributed by atoms with Gasteiger partial charge in [-0.15, -0.1) is 0 Å². The van der Waals surface area contributed by atoms with Gasteiger partial charge in [0.25, 0.3) is 0 Å². The van der Waals surface area contributed by atoms with Crippen molar-refractivity contribution in [1.82, 2.24) is 0 Å². The maximum Gasteiger partial charge on any atom is 0.330 e. The van der Waals surface area contributed by atoms with Crippen LogP contribution in [0.1, 0.15) is 0 Å². The summed E-state index contributed by atoms with van der Waals surface area (Å²) in [6.45, 7) is 0. The molecule has 0 aromatic carbocycles. The third-order valence-corrected chi connectivity index (χ3v) is 0. The Hall–Kier alpha value is 0.584. The Kier molecular flexibility index (Phi) is 4.41. The minimum absolute atomic E-state index is 0. The van der Waals surface area contributed by atoms with E-state index in [0.29, 0.717) is 0 Å². The Morgan fingerprint density at radius 3 is 1.50 bits per heavy atom. The molecule has 6 heteroatoms. The van der Waals surface area contributed by atoms with Gasteiger partial charge in [-0.1, -0.05) is 0 Å². The molecule has 0 bridgehead atoms. The molecule has 0 amide bonds. The number of rotatable bonds is 0. The van der Waals surface area contributed by atoms with E-state index in [1.165, 1.54) is 0 Å². The summed E-state index contributed by atoms with van der Waals surface area (Å²) in [5.74, 6) is 0. The van der Waals surface area contributed by atoms with Crippen LogP contribution in [0.5, 0.6) is 0 Å². The Labute approximate surface area is 50.5 Å². The molecule has 0 aliphatic carbocycles. The van der Waals surface area contributed by atoms with Gasteiger partial charge in [0.15, 0.2) is 0 Å². The standard InChI is InChI=1S/H3NO3S.Ti/c1-5(2,3)4;/h(H3,1,2,3,4);. The maximum absolute atomic E-state index is 8.97. The quantitative estimate of drug-likeness (QED) is 0.330. The van der Waals surface area contributed by atoms with E-state index in [4.69, 9.17) is 13.0 Å². The number of hydrogen-bond acceptors (Lipinski definition) is 2. The van der Waals surface area contributed by atoms with Gasteiger partial charge in [0.2, 0.25) is 0 Å². The van der Waals surface area contributed by atoms with Gasteiger partial charge in [-0.25, -0.2) is 5.14 Å². The average Bonchev–Trinajstić information content (AvgIpc) is 0.722. The van der Waals surface area contributed by atoms with Crippen LogP contribution in [0.15, 0.2) is 0 Å². The third kappa shape index (κ3) is 173. The SMILES string of the molecule is NS(=O)(=O)O.[Ti]. The van der Waals surface area contributed by atoms with Crippen LogP contribution in [0, 0.1) is 0 Å². The summed E-state index contributed by atoms with van der Waals surface area (Å²) in [4.78, 5) is 0. The summed E-state index contributed by atoms with van der Waals surface area (Å²) >= 11 is 0. The molecule has 0 saturated carbocycles. The van der Waals surface area contributed by atoms with E-state index in [2.05, 4.69) is 5.14 Å². The Bertz CT molecular complexity index is 94.0. The van der Waals surface area contributed by atoms with Crippen molar-refractivity contribution < 1.29 is 34.7 Å². The predicted molar refractivity (Wildman–Crippen MR) is 15.7 cm³/mol. The minimum Gasteiger partial charge on any atom is -0.274 e. The molecule has 36 valence electrons. The van der Waals surface area contributed by atoms with Crippen LogP contribution in [0.4, 0.5) is 0 Å². The molecule has 0 unspecified atom stereocenters. The molecule has 0 aromatic rings. The molecule has 0 radical (unpaired) electrons. The van der Waals surface area contributed by atoms with E-state index in [0.717, 1.165) is 0 Å². The molecular weight excluding hydrogens is 142 g/mol. The van der Waals surface area contributed by atoms with Crippen molar-refractivity contribution in [1.29, 1.82) is 0 Å². The molecule has 0 aliphatic rings. The van der Waals surface area contributed by atoms with E-state index in [9.17, 15) is 0 Å². The van der Waals surface area contributed by atoms with Crippen LogP contribution in [0.25, 0.3) is 0 Å². The normalized spacial score (nSPS) is 9.67. The first-order chi connectivity index (χ1) is 2.00. The second-order valence-electron chi connectivity index (χ2n) is 0.515. The van der Waals surface area contributed by atoms with Crippen molar-refractivity contribution in [2.24, 2.45) is 5.14 Å². The predicted octanol–water partition coefficient (Wildman–Crippen LogP) is -1.25. The van der Waals surface area contributed by atoms with Crippen molar-refractivity contribution in [3.05, 3.63) is 0 Å². The van der Waals surface area contributed by atoms with Gasteiger partial charge in [0.05, 0.1) is 0 Å². The Morgan fingerprint density at radius 2 is 1.50 bits per heavy atom. The molecule has 6 heavy (non-hydrogen) atoms. The molecular formula is H3NO3STi. The first-order valence-electron chi connectivity index (χ1n) is 0.752. The fourth-order valence-electron chi connectivity index (χ4n) is 0. The largest absolute Gasteiger partial charge is 0.330 e. The fourth-order valence-corrected chi connectivity index (χ4v) is 0. The van der Waals surface area contributed by atoms with Crippen LogP contribution in [-0.4, -0.2) is 13.0 Å². The summed E-state index contributed by atoms with van der Waals surface area (Å²) in [6.07, 6.45) is 0. The van der Waals surface area contributed by atoms with Crippen LogP contribution < -0.4 is 5.14 Å².